The maximum Gasteiger partial charge on any atom is 0.0729 e. The van der Waals surface area contributed by atoms with Crippen molar-refractivity contribution in [2.24, 2.45) is 0 Å². The lowest BCUT2D eigenvalue weighted by atomic mass is 10.2. The smallest absolute Gasteiger partial charge is 0.0729 e. The maximum absolute atomic E-state index is 5.81. The number of aryl methyl sites for hydroxylation is 1. The zero-order valence-corrected chi connectivity index (χ0v) is 6.89. The highest BCUT2D eigenvalue weighted by Gasteiger charge is 2.00. The van der Waals surface area contributed by atoms with Crippen molar-refractivity contribution in [2.45, 2.75) is 19.2 Å². The van der Waals surface area contributed by atoms with Crippen LogP contribution in [0.15, 0.2) is 18.2 Å². The Labute approximate surface area is 66.0 Å². The third-order valence-corrected chi connectivity index (χ3v) is 1.54. The normalized spacial score (nSPS) is 13.1. The van der Waals surface area contributed by atoms with Crippen LogP contribution in [0.3, 0.4) is 0 Å². The van der Waals surface area contributed by atoms with Gasteiger partial charge in [-0.05, 0) is 26.0 Å². The molecule has 1 heterocycles. The Morgan fingerprint density at radius 3 is 2.60 bits per heavy atom. The number of alkyl halides is 1. The van der Waals surface area contributed by atoms with Crippen molar-refractivity contribution in [1.82, 2.24) is 4.98 Å². The number of rotatable bonds is 1. The molecule has 0 bridgehead atoms. The van der Waals surface area contributed by atoms with Crippen molar-refractivity contribution in [3.8, 4) is 0 Å². The highest BCUT2D eigenvalue weighted by molar-refractivity contribution is 6.20. The van der Waals surface area contributed by atoms with Crippen LogP contribution in [0.5, 0.6) is 0 Å². The summed E-state index contributed by atoms with van der Waals surface area (Å²) < 4.78 is 0. The van der Waals surface area contributed by atoms with Crippen molar-refractivity contribution in [2.75, 3.05) is 0 Å². The first-order valence-corrected chi connectivity index (χ1v) is 3.71. The fourth-order valence-corrected chi connectivity index (χ4v) is 0.907. The number of hydrogen-bond acceptors (Lipinski definition) is 1. The first-order valence-electron chi connectivity index (χ1n) is 3.28. The minimum absolute atomic E-state index is 0.0138. The molecule has 0 spiro atoms. The highest BCUT2D eigenvalue weighted by Crippen LogP contribution is 2.16. The van der Waals surface area contributed by atoms with Gasteiger partial charge in [-0.2, -0.15) is 0 Å². The Hall–Kier alpha value is -0.560. The zero-order valence-electron chi connectivity index (χ0n) is 6.13. The summed E-state index contributed by atoms with van der Waals surface area (Å²) in [6.07, 6.45) is 0. The largest absolute Gasteiger partial charge is 0.257 e. The van der Waals surface area contributed by atoms with Crippen LogP contribution >= 0.6 is 11.6 Å². The Bertz CT molecular complexity index is 220. The van der Waals surface area contributed by atoms with Crippen LogP contribution in [-0.4, -0.2) is 4.98 Å². The van der Waals surface area contributed by atoms with Crippen LogP contribution in [0.2, 0.25) is 0 Å². The maximum atomic E-state index is 5.81. The molecule has 0 N–H and O–H groups in total. The van der Waals surface area contributed by atoms with E-state index >= 15 is 0 Å². The van der Waals surface area contributed by atoms with E-state index in [1.54, 1.807) is 0 Å². The summed E-state index contributed by atoms with van der Waals surface area (Å²) >= 11 is 5.81. The van der Waals surface area contributed by atoms with Crippen LogP contribution < -0.4 is 0 Å². The van der Waals surface area contributed by atoms with Crippen LogP contribution in [-0.2, 0) is 0 Å². The second-order valence-corrected chi connectivity index (χ2v) is 2.97. The Balaban J connectivity index is 2.96. The molecule has 0 aromatic carbocycles. The molecule has 1 nitrogen and oxygen atoms in total. The number of aromatic nitrogens is 1. The predicted molar refractivity (Wildman–Crippen MR) is 43.2 cm³/mol. The average molecular weight is 156 g/mol. The van der Waals surface area contributed by atoms with E-state index in [4.69, 9.17) is 11.6 Å². The molecule has 1 rings (SSSR count). The van der Waals surface area contributed by atoms with Gasteiger partial charge in [0, 0.05) is 5.69 Å². The molecule has 54 valence electrons. The highest BCUT2D eigenvalue weighted by atomic mass is 35.5. The predicted octanol–water partition coefficient (Wildman–Crippen LogP) is 2.69. The second-order valence-electron chi connectivity index (χ2n) is 2.32. The summed E-state index contributed by atoms with van der Waals surface area (Å²) in [6, 6.07) is 5.87. The summed E-state index contributed by atoms with van der Waals surface area (Å²) in [4.78, 5) is 4.24. The monoisotopic (exact) mass is 155 g/mol. The standard InChI is InChI=1S/C8H10ClN/c1-6-4-3-5-8(10-6)7(2)9/h3-5,7H,1-2H3. The minimum atomic E-state index is 0.0138. The SMILES string of the molecule is Cc1cccc(C(C)Cl)n1. The van der Waals surface area contributed by atoms with E-state index in [0.717, 1.165) is 11.4 Å². The van der Waals surface area contributed by atoms with Gasteiger partial charge in [0.25, 0.3) is 0 Å². The minimum Gasteiger partial charge on any atom is -0.257 e. The first kappa shape index (κ1) is 7.55. The Morgan fingerprint density at radius 2 is 2.20 bits per heavy atom. The first-order chi connectivity index (χ1) is 4.70. The number of hydrogen-bond donors (Lipinski definition) is 0. The van der Waals surface area contributed by atoms with Crippen molar-refractivity contribution in [1.29, 1.82) is 0 Å². The molecule has 0 saturated carbocycles. The molecule has 0 radical (unpaired) electrons. The molecular formula is C8H10ClN. The lowest BCUT2D eigenvalue weighted by molar-refractivity contribution is 0.973. The molecule has 0 fully saturated rings. The van der Waals surface area contributed by atoms with Gasteiger partial charge in [-0.1, -0.05) is 6.07 Å². The molecule has 0 aliphatic heterocycles. The van der Waals surface area contributed by atoms with Gasteiger partial charge in [0.2, 0.25) is 0 Å². The summed E-state index contributed by atoms with van der Waals surface area (Å²) in [5, 5.41) is 0.0138. The molecule has 2 heteroatoms. The van der Waals surface area contributed by atoms with Gasteiger partial charge in [-0.15, -0.1) is 11.6 Å². The van der Waals surface area contributed by atoms with Crippen LogP contribution in [0.4, 0.5) is 0 Å². The molecule has 0 saturated heterocycles. The van der Waals surface area contributed by atoms with Crippen molar-refractivity contribution >= 4 is 11.6 Å². The molecule has 1 aromatic rings. The van der Waals surface area contributed by atoms with Crippen LogP contribution in [0.1, 0.15) is 23.7 Å². The Morgan fingerprint density at radius 1 is 1.50 bits per heavy atom. The summed E-state index contributed by atoms with van der Waals surface area (Å²) in [7, 11) is 0. The molecule has 1 atom stereocenters. The van der Waals surface area contributed by atoms with E-state index < -0.39 is 0 Å². The molecule has 0 amide bonds. The molecule has 0 aliphatic rings. The van der Waals surface area contributed by atoms with E-state index in [1.165, 1.54) is 0 Å². The van der Waals surface area contributed by atoms with E-state index in [1.807, 2.05) is 32.0 Å². The van der Waals surface area contributed by atoms with Crippen molar-refractivity contribution in [3.63, 3.8) is 0 Å². The van der Waals surface area contributed by atoms with Gasteiger partial charge in [-0.25, -0.2) is 0 Å². The van der Waals surface area contributed by atoms with Crippen molar-refractivity contribution < 1.29 is 0 Å². The Kier molecular flexibility index (Phi) is 2.28. The number of pyridine rings is 1. The second kappa shape index (κ2) is 3.02. The van der Waals surface area contributed by atoms with Gasteiger partial charge in [-0.3, -0.25) is 4.98 Å². The lowest BCUT2D eigenvalue weighted by Crippen LogP contribution is -1.90. The van der Waals surface area contributed by atoms with E-state index in [0.29, 0.717) is 0 Å². The van der Waals surface area contributed by atoms with Gasteiger partial charge in [0.05, 0.1) is 11.1 Å². The third kappa shape index (κ3) is 1.71. The fourth-order valence-electron chi connectivity index (χ4n) is 0.786. The van der Waals surface area contributed by atoms with Gasteiger partial charge in [0.15, 0.2) is 0 Å². The van der Waals surface area contributed by atoms with E-state index in [-0.39, 0.29) is 5.38 Å². The topological polar surface area (TPSA) is 12.9 Å². The van der Waals surface area contributed by atoms with Crippen LogP contribution in [0.25, 0.3) is 0 Å². The molecule has 10 heavy (non-hydrogen) atoms. The summed E-state index contributed by atoms with van der Waals surface area (Å²) in [6.45, 7) is 3.88. The van der Waals surface area contributed by atoms with Gasteiger partial charge in [0.1, 0.15) is 0 Å². The third-order valence-electron chi connectivity index (χ3n) is 1.32. The number of halogens is 1. The number of nitrogens with zero attached hydrogens (tertiary/aromatic N) is 1. The lowest BCUT2D eigenvalue weighted by Gasteiger charge is -2.01. The molecular weight excluding hydrogens is 146 g/mol. The van der Waals surface area contributed by atoms with Crippen molar-refractivity contribution in [3.05, 3.63) is 29.6 Å². The molecule has 1 unspecified atom stereocenters. The summed E-state index contributed by atoms with van der Waals surface area (Å²) in [5.74, 6) is 0. The molecule has 1 aromatic heterocycles. The fraction of sp³-hybridized carbons (Fsp3) is 0.375. The molecule has 0 aliphatic carbocycles. The van der Waals surface area contributed by atoms with Crippen LogP contribution in [0, 0.1) is 6.92 Å². The van der Waals surface area contributed by atoms with E-state index in [9.17, 15) is 0 Å². The average Bonchev–Trinajstić information content (AvgIpc) is 1.88. The van der Waals surface area contributed by atoms with Gasteiger partial charge >= 0.3 is 0 Å². The summed E-state index contributed by atoms with van der Waals surface area (Å²) in [5.41, 5.74) is 1.96. The quantitative estimate of drug-likeness (QED) is 0.569. The zero-order chi connectivity index (χ0) is 7.56. The van der Waals surface area contributed by atoms with E-state index in [2.05, 4.69) is 4.98 Å². The van der Waals surface area contributed by atoms with Gasteiger partial charge < -0.3 is 0 Å².